The molecule has 1 aromatic carbocycles. The van der Waals surface area contributed by atoms with Gasteiger partial charge in [-0.15, -0.1) is 0 Å². The zero-order chi connectivity index (χ0) is 24.1. The van der Waals surface area contributed by atoms with E-state index in [9.17, 15) is 17.6 Å². The lowest BCUT2D eigenvalue weighted by atomic mass is 9.92. The van der Waals surface area contributed by atoms with Crippen molar-refractivity contribution in [1.82, 2.24) is 15.0 Å². The van der Waals surface area contributed by atoms with Crippen molar-refractivity contribution < 1.29 is 22.3 Å². The maximum absolute atomic E-state index is 13.2. The highest BCUT2D eigenvalue weighted by atomic mass is 19.3. The van der Waals surface area contributed by atoms with Gasteiger partial charge in [-0.2, -0.15) is 17.6 Å². The van der Waals surface area contributed by atoms with Crippen LogP contribution in [0.4, 0.5) is 35.0 Å². The van der Waals surface area contributed by atoms with Crippen LogP contribution < -0.4 is 21.1 Å². The summed E-state index contributed by atoms with van der Waals surface area (Å²) in [5, 5.41) is 6.32. The summed E-state index contributed by atoms with van der Waals surface area (Å²) in [5.41, 5.74) is 7.70. The van der Waals surface area contributed by atoms with E-state index in [-0.39, 0.29) is 12.0 Å². The number of benzene rings is 1. The third-order valence-corrected chi connectivity index (χ3v) is 5.43. The van der Waals surface area contributed by atoms with E-state index in [1.54, 1.807) is 24.5 Å². The Morgan fingerprint density at radius 1 is 1.00 bits per heavy atom. The second-order valence-electron chi connectivity index (χ2n) is 8.07. The monoisotopic (exact) mass is 476 g/mol. The Hall–Kier alpha value is -3.47. The van der Waals surface area contributed by atoms with E-state index in [1.807, 2.05) is 12.1 Å². The number of pyridine rings is 1. The van der Waals surface area contributed by atoms with Crippen molar-refractivity contribution in [3.63, 3.8) is 0 Å². The van der Waals surface area contributed by atoms with E-state index in [4.69, 9.17) is 5.73 Å². The molecule has 0 atom stereocenters. The summed E-state index contributed by atoms with van der Waals surface area (Å²) in [6.07, 6.45) is -1.38. The van der Waals surface area contributed by atoms with Crippen LogP contribution >= 0.6 is 0 Å². The van der Waals surface area contributed by atoms with Gasteiger partial charge in [0.1, 0.15) is 11.6 Å². The topological polar surface area (TPSA) is 98.0 Å². The molecule has 34 heavy (non-hydrogen) atoms. The summed E-state index contributed by atoms with van der Waals surface area (Å²) >= 11 is 0. The molecule has 4 N–H and O–H groups in total. The van der Waals surface area contributed by atoms with Gasteiger partial charge in [-0.25, -0.2) is 15.0 Å². The van der Waals surface area contributed by atoms with Gasteiger partial charge in [-0.1, -0.05) is 6.07 Å². The fourth-order valence-electron chi connectivity index (χ4n) is 3.69. The number of alkyl halides is 4. The highest BCUT2D eigenvalue weighted by molar-refractivity contribution is 5.65. The van der Waals surface area contributed by atoms with Crippen LogP contribution in [0.2, 0.25) is 0 Å². The van der Waals surface area contributed by atoms with Crippen LogP contribution in [-0.4, -0.2) is 39.6 Å². The number of halogens is 4. The number of rotatable bonds is 8. The van der Waals surface area contributed by atoms with Crippen molar-refractivity contribution in [2.24, 2.45) is 5.73 Å². The van der Waals surface area contributed by atoms with Crippen molar-refractivity contribution in [3.8, 4) is 17.0 Å². The predicted molar refractivity (Wildman–Crippen MR) is 120 cm³/mol. The van der Waals surface area contributed by atoms with E-state index < -0.39 is 18.3 Å². The Morgan fingerprint density at radius 3 is 2.53 bits per heavy atom. The normalized spacial score (nSPS) is 18.5. The summed E-state index contributed by atoms with van der Waals surface area (Å²) < 4.78 is 55.3. The van der Waals surface area contributed by atoms with E-state index in [2.05, 4.69) is 30.3 Å². The lowest BCUT2D eigenvalue weighted by Gasteiger charge is -2.27. The number of aromatic nitrogens is 3. The number of nitrogens with two attached hydrogens (primary N) is 1. The maximum atomic E-state index is 13.2. The zero-order valence-electron chi connectivity index (χ0n) is 18.1. The highest BCUT2D eigenvalue weighted by Gasteiger charge is 2.44. The first-order chi connectivity index (χ1) is 16.3. The van der Waals surface area contributed by atoms with Gasteiger partial charge < -0.3 is 21.1 Å². The molecule has 7 nitrogen and oxygen atoms in total. The average molecular weight is 476 g/mol. The van der Waals surface area contributed by atoms with Crippen LogP contribution in [0.15, 0.2) is 54.9 Å². The molecule has 2 aromatic heterocycles. The molecule has 0 amide bonds. The predicted octanol–water partition coefficient (Wildman–Crippen LogP) is 5.20. The van der Waals surface area contributed by atoms with Crippen molar-refractivity contribution in [3.05, 3.63) is 54.9 Å². The van der Waals surface area contributed by atoms with Crippen LogP contribution in [0, 0.1) is 0 Å². The second kappa shape index (κ2) is 10.2. The van der Waals surface area contributed by atoms with Gasteiger partial charge >= 0.3 is 12.5 Å². The molecule has 1 fully saturated rings. The molecular weight excluding hydrogens is 452 g/mol. The number of ether oxygens (including phenoxy) is 1. The van der Waals surface area contributed by atoms with Gasteiger partial charge in [0, 0.05) is 41.8 Å². The SMILES string of the molecule is N[C@H]1CC[C@@H](Nc2cc(-c3ccnc(Nc4cccc(OC(F)(F)C(F)F)c4)n3)ccn2)CC1. The minimum Gasteiger partial charge on any atom is -0.428 e. The molecule has 11 heteroatoms. The number of nitrogens with one attached hydrogen (secondary N) is 2. The lowest BCUT2D eigenvalue weighted by molar-refractivity contribution is -0.253. The van der Waals surface area contributed by atoms with E-state index in [1.165, 1.54) is 6.07 Å². The van der Waals surface area contributed by atoms with Gasteiger partial charge in [-0.05, 0) is 56.0 Å². The second-order valence-corrected chi connectivity index (χ2v) is 8.07. The summed E-state index contributed by atoms with van der Waals surface area (Å²) in [6.45, 7) is 0. The molecule has 0 bridgehead atoms. The van der Waals surface area contributed by atoms with Crippen molar-refractivity contribution >= 4 is 17.5 Å². The number of hydrogen-bond acceptors (Lipinski definition) is 7. The molecule has 4 rings (SSSR count). The summed E-state index contributed by atoms with van der Waals surface area (Å²) in [4.78, 5) is 13.0. The summed E-state index contributed by atoms with van der Waals surface area (Å²) in [6, 6.07) is 11.3. The van der Waals surface area contributed by atoms with Gasteiger partial charge in [0.05, 0.1) is 5.69 Å². The van der Waals surface area contributed by atoms with Gasteiger partial charge in [-0.3, -0.25) is 0 Å². The van der Waals surface area contributed by atoms with Crippen LogP contribution in [0.25, 0.3) is 11.3 Å². The molecule has 0 radical (unpaired) electrons. The molecular formula is C23H24F4N6O. The number of anilines is 3. The molecule has 0 unspecified atom stereocenters. The summed E-state index contributed by atoms with van der Waals surface area (Å²) in [5.74, 6) is 0.513. The molecule has 1 saturated carbocycles. The first kappa shape index (κ1) is 23.7. The smallest absolute Gasteiger partial charge is 0.428 e. The van der Waals surface area contributed by atoms with E-state index in [0.29, 0.717) is 17.4 Å². The minimum atomic E-state index is -4.59. The Balaban J connectivity index is 1.46. The Kier molecular flexibility index (Phi) is 7.11. The number of hydrogen-bond donors (Lipinski definition) is 3. The molecule has 0 saturated heterocycles. The highest BCUT2D eigenvalue weighted by Crippen LogP contribution is 2.30. The minimum absolute atomic E-state index is 0.197. The van der Waals surface area contributed by atoms with E-state index in [0.717, 1.165) is 49.2 Å². The molecule has 1 aliphatic rings. The third kappa shape index (κ3) is 6.10. The molecule has 2 heterocycles. The third-order valence-electron chi connectivity index (χ3n) is 5.43. The molecule has 1 aliphatic carbocycles. The van der Waals surface area contributed by atoms with Crippen LogP contribution in [-0.2, 0) is 0 Å². The quantitative estimate of drug-likeness (QED) is 0.385. The van der Waals surface area contributed by atoms with Crippen LogP contribution in [0.3, 0.4) is 0 Å². The lowest BCUT2D eigenvalue weighted by Crippen LogP contribution is -2.33. The Bertz CT molecular complexity index is 1110. The van der Waals surface area contributed by atoms with Crippen molar-refractivity contribution in [1.29, 1.82) is 0 Å². The molecule has 0 spiro atoms. The molecule has 180 valence electrons. The largest absolute Gasteiger partial charge is 0.461 e. The number of nitrogens with zero attached hydrogens (tertiary/aromatic N) is 3. The van der Waals surface area contributed by atoms with Crippen LogP contribution in [0.5, 0.6) is 5.75 Å². The fraction of sp³-hybridized carbons (Fsp3) is 0.348. The average Bonchev–Trinajstić information content (AvgIpc) is 2.81. The van der Waals surface area contributed by atoms with Crippen LogP contribution in [0.1, 0.15) is 25.7 Å². The van der Waals surface area contributed by atoms with Crippen molar-refractivity contribution in [2.45, 2.75) is 50.3 Å². The van der Waals surface area contributed by atoms with Crippen molar-refractivity contribution in [2.75, 3.05) is 10.6 Å². The first-order valence-electron chi connectivity index (χ1n) is 10.8. The van der Waals surface area contributed by atoms with Gasteiger partial charge in [0.15, 0.2) is 0 Å². The maximum Gasteiger partial charge on any atom is 0.461 e. The first-order valence-corrected chi connectivity index (χ1v) is 10.8. The van der Waals surface area contributed by atoms with E-state index >= 15 is 0 Å². The zero-order valence-corrected chi connectivity index (χ0v) is 18.1. The Labute approximate surface area is 193 Å². The fourth-order valence-corrected chi connectivity index (χ4v) is 3.69. The standard InChI is InChI=1S/C23H24F4N6O/c24-21(25)23(26,27)34-18-3-1-2-17(13-18)32-22-30-11-9-19(33-22)14-8-10-29-20(12-14)31-16-6-4-15(28)5-7-16/h1-3,8-13,15-16,21H,4-7,28H2,(H,29,31)(H,30,32,33)/t15-,16+. The molecule has 3 aromatic rings. The Morgan fingerprint density at radius 2 is 1.76 bits per heavy atom. The molecule has 0 aliphatic heterocycles. The van der Waals surface area contributed by atoms with Gasteiger partial charge in [0.25, 0.3) is 0 Å². The van der Waals surface area contributed by atoms with Gasteiger partial charge in [0.2, 0.25) is 5.95 Å². The summed E-state index contributed by atoms with van der Waals surface area (Å²) in [7, 11) is 0.